The number of nitrogens with one attached hydrogen (secondary N) is 2. The van der Waals surface area contributed by atoms with Crippen LogP contribution in [-0.4, -0.2) is 39.5 Å². The number of benzene rings is 1. The number of hydrogen-bond acceptors (Lipinski definition) is 3. The van der Waals surface area contributed by atoms with Crippen molar-refractivity contribution in [2.45, 2.75) is 26.3 Å². The predicted molar refractivity (Wildman–Crippen MR) is 90.8 cm³/mol. The van der Waals surface area contributed by atoms with E-state index in [-0.39, 0.29) is 29.3 Å². The lowest BCUT2D eigenvalue weighted by molar-refractivity contribution is 0.561. The molecule has 2 N–H and O–H groups in total. The van der Waals surface area contributed by atoms with Gasteiger partial charge in [-0.15, -0.1) is 0 Å². The topological polar surface area (TPSA) is 70.6 Å². The summed E-state index contributed by atoms with van der Waals surface area (Å²) in [4.78, 5) is 4.14. The monoisotopic (exact) mass is 341 g/mol. The summed E-state index contributed by atoms with van der Waals surface area (Å²) in [5.74, 6) is 0.976. The van der Waals surface area contributed by atoms with Crippen molar-refractivity contribution < 1.29 is 12.8 Å². The summed E-state index contributed by atoms with van der Waals surface area (Å²) < 4.78 is 36.6. The first-order chi connectivity index (χ1) is 10.8. The smallest absolute Gasteiger partial charge is 0.191 e. The second-order valence-corrected chi connectivity index (χ2v) is 8.33. The van der Waals surface area contributed by atoms with Crippen LogP contribution in [0.1, 0.15) is 30.5 Å². The average Bonchev–Trinajstić information content (AvgIpc) is 2.85. The van der Waals surface area contributed by atoms with Gasteiger partial charge >= 0.3 is 0 Å². The second kappa shape index (κ2) is 7.29. The van der Waals surface area contributed by atoms with Gasteiger partial charge in [0.1, 0.15) is 5.82 Å². The molecule has 0 spiro atoms. The second-order valence-electron chi connectivity index (χ2n) is 6.10. The van der Waals surface area contributed by atoms with E-state index < -0.39 is 9.84 Å². The normalized spacial score (nSPS) is 21.9. The minimum Gasteiger partial charge on any atom is -0.356 e. The SMILES string of the molecule is CN=C(NCC1CCS(=O)(=O)C1)NC(C)c1ccc(C)c(F)c1. The molecule has 0 bridgehead atoms. The Labute approximate surface area is 137 Å². The standard InChI is InChI=1S/C16H24FN3O2S/c1-11-4-5-14(8-15(11)17)12(2)20-16(18-3)19-9-13-6-7-23(21,22)10-13/h4-5,8,12-13H,6-7,9-10H2,1-3H3,(H2,18,19,20). The van der Waals surface area contributed by atoms with Crippen LogP contribution >= 0.6 is 0 Å². The lowest BCUT2D eigenvalue weighted by Crippen LogP contribution is -2.41. The number of halogens is 1. The van der Waals surface area contributed by atoms with Gasteiger partial charge in [-0.25, -0.2) is 12.8 Å². The Morgan fingerprint density at radius 2 is 2.22 bits per heavy atom. The van der Waals surface area contributed by atoms with Gasteiger partial charge in [-0.05, 0) is 43.4 Å². The summed E-state index contributed by atoms with van der Waals surface area (Å²) >= 11 is 0. The summed E-state index contributed by atoms with van der Waals surface area (Å²) in [6.07, 6.45) is 0.686. The Balaban J connectivity index is 1.90. The number of sulfone groups is 1. The fourth-order valence-electron chi connectivity index (χ4n) is 2.64. The molecule has 0 amide bonds. The molecule has 1 aromatic carbocycles. The van der Waals surface area contributed by atoms with E-state index in [0.717, 1.165) is 5.56 Å². The van der Waals surface area contributed by atoms with E-state index in [9.17, 15) is 12.8 Å². The Hall–Kier alpha value is -1.63. The van der Waals surface area contributed by atoms with E-state index in [2.05, 4.69) is 15.6 Å². The molecular formula is C16H24FN3O2S. The summed E-state index contributed by atoms with van der Waals surface area (Å²) in [6, 6.07) is 5.04. The van der Waals surface area contributed by atoms with Gasteiger partial charge in [0.15, 0.2) is 15.8 Å². The predicted octanol–water partition coefficient (Wildman–Crippen LogP) is 1.79. The van der Waals surface area contributed by atoms with Crippen molar-refractivity contribution in [3.8, 4) is 0 Å². The van der Waals surface area contributed by atoms with Crippen molar-refractivity contribution in [3.05, 3.63) is 35.1 Å². The summed E-state index contributed by atoms with van der Waals surface area (Å²) in [7, 11) is -1.21. The van der Waals surface area contributed by atoms with E-state index in [1.54, 1.807) is 20.0 Å². The molecule has 1 saturated heterocycles. The van der Waals surface area contributed by atoms with E-state index >= 15 is 0 Å². The first kappa shape index (κ1) is 17.7. The molecule has 23 heavy (non-hydrogen) atoms. The highest BCUT2D eigenvalue weighted by atomic mass is 32.2. The molecule has 0 aromatic heterocycles. The molecule has 2 unspecified atom stereocenters. The van der Waals surface area contributed by atoms with Gasteiger partial charge in [-0.1, -0.05) is 12.1 Å². The van der Waals surface area contributed by atoms with E-state index in [4.69, 9.17) is 0 Å². The lowest BCUT2D eigenvalue weighted by Gasteiger charge is -2.20. The number of hydrogen-bond donors (Lipinski definition) is 2. The van der Waals surface area contributed by atoms with Crippen LogP contribution in [0.2, 0.25) is 0 Å². The Morgan fingerprint density at radius 3 is 2.78 bits per heavy atom. The van der Waals surface area contributed by atoms with Gasteiger partial charge in [0.05, 0.1) is 17.5 Å². The molecular weight excluding hydrogens is 317 g/mol. The summed E-state index contributed by atoms with van der Waals surface area (Å²) in [5, 5.41) is 6.35. The highest BCUT2D eigenvalue weighted by Crippen LogP contribution is 2.18. The first-order valence-corrected chi connectivity index (χ1v) is 9.56. The molecule has 1 aliphatic rings. The quantitative estimate of drug-likeness (QED) is 0.647. The van der Waals surface area contributed by atoms with Crippen molar-refractivity contribution in [3.63, 3.8) is 0 Å². The largest absolute Gasteiger partial charge is 0.356 e. The molecule has 2 atom stereocenters. The number of aryl methyl sites for hydroxylation is 1. The van der Waals surface area contributed by atoms with Crippen LogP contribution < -0.4 is 10.6 Å². The van der Waals surface area contributed by atoms with Gasteiger partial charge in [0.25, 0.3) is 0 Å². The van der Waals surface area contributed by atoms with Crippen LogP contribution in [0.15, 0.2) is 23.2 Å². The third-order valence-corrected chi connectivity index (χ3v) is 5.99. The maximum Gasteiger partial charge on any atom is 0.191 e. The van der Waals surface area contributed by atoms with E-state index in [1.165, 1.54) is 6.07 Å². The molecule has 128 valence electrons. The first-order valence-electron chi connectivity index (χ1n) is 7.74. The molecule has 1 aliphatic heterocycles. The number of aliphatic imine (C=N–C) groups is 1. The Morgan fingerprint density at radius 1 is 1.48 bits per heavy atom. The van der Waals surface area contributed by atoms with Crippen molar-refractivity contribution in [1.29, 1.82) is 0 Å². The summed E-state index contributed by atoms with van der Waals surface area (Å²) in [6.45, 7) is 4.22. The van der Waals surface area contributed by atoms with Crippen LogP contribution in [0.25, 0.3) is 0 Å². The highest BCUT2D eigenvalue weighted by molar-refractivity contribution is 7.91. The minimum atomic E-state index is -2.87. The van der Waals surface area contributed by atoms with Crippen molar-refractivity contribution in [1.82, 2.24) is 10.6 Å². The van der Waals surface area contributed by atoms with Gasteiger partial charge in [-0.3, -0.25) is 4.99 Å². The third-order valence-electron chi connectivity index (χ3n) is 4.16. The Bertz CT molecular complexity index is 689. The molecule has 1 aromatic rings. The van der Waals surface area contributed by atoms with Gasteiger partial charge in [0.2, 0.25) is 0 Å². The van der Waals surface area contributed by atoms with Gasteiger partial charge < -0.3 is 10.6 Å². The zero-order valence-corrected chi connectivity index (χ0v) is 14.6. The summed E-state index contributed by atoms with van der Waals surface area (Å²) in [5.41, 5.74) is 1.45. The molecule has 1 fully saturated rings. The maximum absolute atomic E-state index is 13.7. The third kappa shape index (κ3) is 4.92. The fourth-order valence-corrected chi connectivity index (χ4v) is 4.50. The van der Waals surface area contributed by atoms with Crippen LogP contribution in [0, 0.1) is 18.7 Å². The van der Waals surface area contributed by atoms with Gasteiger partial charge in [-0.2, -0.15) is 0 Å². The van der Waals surface area contributed by atoms with E-state index in [0.29, 0.717) is 24.5 Å². The zero-order valence-electron chi connectivity index (χ0n) is 13.8. The van der Waals surface area contributed by atoms with Crippen LogP contribution in [0.3, 0.4) is 0 Å². The molecule has 0 aliphatic carbocycles. The van der Waals surface area contributed by atoms with E-state index in [1.807, 2.05) is 13.0 Å². The number of guanidine groups is 1. The van der Waals surface area contributed by atoms with Crippen molar-refractivity contribution >= 4 is 15.8 Å². The average molecular weight is 341 g/mol. The number of rotatable bonds is 4. The molecule has 1 heterocycles. The molecule has 0 saturated carbocycles. The number of nitrogens with zero attached hydrogens (tertiary/aromatic N) is 1. The highest BCUT2D eigenvalue weighted by Gasteiger charge is 2.27. The lowest BCUT2D eigenvalue weighted by atomic mass is 10.1. The zero-order chi connectivity index (χ0) is 17.0. The van der Waals surface area contributed by atoms with Crippen molar-refractivity contribution in [2.24, 2.45) is 10.9 Å². The van der Waals surface area contributed by atoms with Crippen LogP contribution in [0.4, 0.5) is 4.39 Å². The minimum absolute atomic E-state index is 0.108. The fraction of sp³-hybridized carbons (Fsp3) is 0.562. The van der Waals surface area contributed by atoms with Gasteiger partial charge in [0, 0.05) is 13.6 Å². The maximum atomic E-state index is 13.7. The van der Waals surface area contributed by atoms with Crippen LogP contribution in [0.5, 0.6) is 0 Å². The van der Waals surface area contributed by atoms with Crippen LogP contribution in [-0.2, 0) is 9.84 Å². The molecule has 2 rings (SSSR count). The molecule has 0 radical (unpaired) electrons. The molecule has 7 heteroatoms. The molecule has 5 nitrogen and oxygen atoms in total. The Kier molecular flexibility index (Phi) is 5.62. The van der Waals surface area contributed by atoms with Crippen molar-refractivity contribution in [2.75, 3.05) is 25.1 Å².